The van der Waals surface area contributed by atoms with E-state index in [-0.39, 0.29) is 30.7 Å². The normalized spacial score (nSPS) is 22.7. The number of methoxy groups -OCH3 is 1. The fraction of sp³-hybridized carbons (Fsp3) is 0.933. The minimum absolute atomic E-state index is 0. The number of carbonyl (C=O) groups excluding carboxylic acids is 1. The molecule has 2 saturated heterocycles. The van der Waals surface area contributed by atoms with Crippen LogP contribution in [0.4, 0.5) is 0 Å². The topological polar surface area (TPSA) is 53.6 Å². The van der Waals surface area contributed by atoms with Crippen molar-refractivity contribution in [2.75, 3.05) is 39.9 Å². The molecule has 0 aromatic rings. The summed E-state index contributed by atoms with van der Waals surface area (Å²) in [6.45, 7) is 5.20. The van der Waals surface area contributed by atoms with Crippen molar-refractivity contribution in [1.82, 2.24) is 15.5 Å². The molecule has 2 aliphatic heterocycles. The Labute approximate surface area is 146 Å². The Bertz CT molecular complexity index is 295. The molecule has 0 radical (unpaired) electrons. The van der Waals surface area contributed by atoms with Gasteiger partial charge in [-0.2, -0.15) is 0 Å². The SMILES string of the molecule is COCCCN1CCC(NC(=O)CC2CCCN2)CC1.Cl.Cl. The van der Waals surface area contributed by atoms with E-state index in [1.165, 1.54) is 6.42 Å². The lowest BCUT2D eigenvalue weighted by Crippen LogP contribution is -2.46. The first-order valence-electron chi connectivity index (χ1n) is 8.02. The van der Waals surface area contributed by atoms with Gasteiger partial charge in [0.25, 0.3) is 0 Å². The van der Waals surface area contributed by atoms with Crippen LogP contribution in [0.1, 0.15) is 38.5 Å². The molecule has 5 nitrogen and oxygen atoms in total. The van der Waals surface area contributed by atoms with Gasteiger partial charge in [0.05, 0.1) is 0 Å². The van der Waals surface area contributed by atoms with Gasteiger partial charge in [0.1, 0.15) is 0 Å². The molecular formula is C15H31Cl2N3O2. The summed E-state index contributed by atoms with van der Waals surface area (Å²) in [5.41, 5.74) is 0. The van der Waals surface area contributed by atoms with Gasteiger partial charge in [-0.25, -0.2) is 0 Å². The molecule has 2 aliphatic rings. The average Bonchev–Trinajstić information content (AvgIpc) is 2.94. The lowest BCUT2D eigenvalue weighted by molar-refractivity contribution is -0.122. The number of likely N-dealkylation sites (tertiary alicyclic amines) is 1. The first-order valence-corrected chi connectivity index (χ1v) is 8.02. The van der Waals surface area contributed by atoms with Gasteiger partial charge in [0.15, 0.2) is 0 Å². The summed E-state index contributed by atoms with van der Waals surface area (Å²) in [5, 5.41) is 6.58. The molecule has 0 aliphatic carbocycles. The summed E-state index contributed by atoms with van der Waals surface area (Å²) in [5.74, 6) is 0.224. The van der Waals surface area contributed by atoms with Crippen LogP contribution in [0.2, 0.25) is 0 Å². The number of halogens is 2. The molecular weight excluding hydrogens is 325 g/mol. The maximum absolute atomic E-state index is 12.0. The van der Waals surface area contributed by atoms with E-state index < -0.39 is 0 Å². The largest absolute Gasteiger partial charge is 0.385 e. The van der Waals surface area contributed by atoms with Gasteiger partial charge in [-0.3, -0.25) is 4.79 Å². The predicted molar refractivity (Wildman–Crippen MR) is 94.2 cm³/mol. The summed E-state index contributed by atoms with van der Waals surface area (Å²) in [4.78, 5) is 14.5. The maximum atomic E-state index is 12.0. The van der Waals surface area contributed by atoms with Crippen LogP contribution in [0.3, 0.4) is 0 Å². The molecule has 1 unspecified atom stereocenters. The van der Waals surface area contributed by atoms with Crippen molar-refractivity contribution in [3.63, 3.8) is 0 Å². The minimum Gasteiger partial charge on any atom is -0.385 e. The van der Waals surface area contributed by atoms with Gasteiger partial charge in [0, 0.05) is 51.9 Å². The Balaban J connectivity index is 0.00000220. The number of nitrogens with one attached hydrogen (secondary N) is 2. The highest BCUT2D eigenvalue weighted by Crippen LogP contribution is 2.12. The second-order valence-electron chi connectivity index (χ2n) is 6.03. The molecule has 1 atom stereocenters. The van der Waals surface area contributed by atoms with Crippen molar-refractivity contribution in [2.45, 2.75) is 50.6 Å². The summed E-state index contributed by atoms with van der Waals surface area (Å²) >= 11 is 0. The Morgan fingerprint density at radius 1 is 1.27 bits per heavy atom. The van der Waals surface area contributed by atoms with E-state index >= 15 is 0 Å². The zero-order chi connectivity index (χ0) is 14.2. The van der Waals surface area contributed by atoms with E-state index in [0.717, 1.165) is 58.5 Å². The third-order valence-corrected chi connectivity index (χ3v) is 4.37. The van der Waals surface area contributed by atoms with E-state index in [4.69, 9.17) is 4.74 Å². The summed E-state index contributed by atoms with van der Waals surface area (Å²) in [6, 6.07) is 0.784. The first-order chi connectivity index (χ1) is 9.78. The van der Waals surface area contributed by atoms with Crippen molar-refractivity contribution in [1.29, 1.82) is 0 Å². The molecule has 7 heteroatoms. The standard InChI is InChI=1S/C15H29N3O2.2ClH/c1-20-11-3-8-18-9-5-13(6-10-18)17-15(19)12-14-4-2-7-16-14;;/h13-14,16H,2-12H2,1H3,(H,17,19);2*1H. The quantitative estimate of drug-likeness (QED) is 0.681. The predicted octanol–water partition coefficient (Wildman–Crippen LogP) is 1.59. The third-order valence-electron chi connectivity index (χ3n) is 4.37. The summed E-state index contributed by atoms with van der Waals surface area (Å²) in [7, 11) is 1.75. The van der Waals surface area contributed by atoms with Crippen molar-refractivity contribution in [3.05, 3.63) is 0 Å². The number of nitrogens with zero attached hydrogens (tertiary/aromatic N) is 1. The monoisotopic (exact) mass is 355 g/mol. The third kappa shape index (κ3) is 7.97. The molecule has 0 aromatic carbocycles. The molecule has 132 valence electrons. The smallest absolute Gasteiger partial charge is 0.221 e. The van der Waals surface area contributed by atoms with E-state index in [9.17, 15) is 4.79 Å². The number of hydrogen-bond donors (Lipinski definition) is 2. The second kappa shape index (κ2) is 12.4. The Morgan fingerprint density at radius 3 is 2.59 bits per heavy atom. The Morgan fingerprint density at radius 2 is 2.00 bits per heavy atom. The molecule has 0 spiro atoms. The lowest BCUT2D eigenvalue weighted by Gasteiger charge is -2.32. The number of piperidine rings is 1. The highest BCUT2D eigenvalue weighted by atomic mass is 35.5. The van der Waals surface area contributed by atoms with Crippen LogP contribution >= 0.6 is 24.8 Å². The van der Waals surface area contributed by atoms with Crippen LogP contribution in [0.15, 0.2) is 0 Å². The van der Waals surface area contributed by atoms with Gasteiger partial charge < -0.3 is 20.3 Å². The van der Waals surface area contributed by atoms with Crippen molar-refractivity contribution in [3.8, 4) is 0 Å². The van der Waals surface area contributed by atoms with E-state index in [0.29, 0.717) is 18.5 Å². The Hall–Kier alpha value is -0.0700. The molecule has 2 heterocycles. The van der Waals surface area contributed by atoms with Gasteiger partial charge >= 0.3 is 0 Å². The van der Waals surface area contributed by atoms with Crippen molar-refractivity contribution >= 4 is 30.7 Å². The molecule has 0 aromatic heterocycles. The first kappa shape index (κ1) is 21.9. The van der Waals surface area contributed by atoms with E-state index in [1.807, 2.05) is 0 Å². The highest BCUT2D eigenvalue weighted by molar-refractivity contribution is 5.85. The maximum Gasteiger partial charge on any atom is 0.221 e. The molecule has 2 fully saturated rings. The zero-order valence-corrected chi connectivity index (χ0v) is 15.1. The Kier molecular flexibility index (Phi) is 12.3. The zero-order valence-electron chi connectivity index (χ0n) is 13.5. The van der Waals surface area contributed by atoms with E-state index in [1.54, 1.807) is 7.11 Å². The number of amides is 1. The number of rotatable bonds is 7. The molecule has 1 amide bonds. The van der Waals surface area contributed by atoms with Crippen LogP contribution in [-0.2, 0) is 9.53 Å². The number of ether oxygens (including phenoxy) is 1. The lowest BCUT2D eigenvalue weighted by atomic mass is 10.0. The second-order valence-corrected chi connectivity index (χ2v) is 6.03. The van der Waals surface area contributed by atoms with Gasteiger partial charge in [-0.15, -0.1) is 24.8 Å². The van der Waals surface area contributed by atoms with Crippen LogP contribution in [0.25, 0.3) is 0 Å². The summed E-state index contributed by atoms with van der Waals surface area (Å²) in [6.07, 6.45) is 6.26. The molecule has 22 heavy (non-hydrogen) atoms. The number of carbonyl (C=O) groups is 1. The van der Waals surface area contributed by atoms with Crippen LogP contribution in [0.5, 0.6) is 0 Å². The van der Waals surface area contributed by atoms with Crippen LogP contribution in [-0.4, -0.2) is 62.8 Å². The van der Waals surface area contributed by atoms with E-state index in [2.05, 4.69) is 15.5 Å². The number of hydrogen-bond acceptors (Lipinski definition) is 4. The van der Waals surface area contributed by atoms with Gasteiger partial charge in [0.2, 0.25) is 5.91 Å². The van der Waals surface area contributed by atoms with Crippen molar-refractivity contribution in [2.24, 2.45) is 0 Å². The fourth-order valence-corrected chi connectivity index (χ4v) is 3.17. The minimum atomic E-state index is 0. The molecule has 2 rings (SSSR count). The van der Waals surface area contributed by atoms with Crippen molar-refractivity contribution < 1.29 is 9.53 Å². The summed E-state index contributed by atoms with van der Waals surface area (Å²) < 4.78 is 5.08. The van der Waals surface area contributed by atoms with Gasteiger partial charge in [-0.05, 0) is 38.6 Å². The molecule has 2 N–H and O–H groups in total. The average molecular weight is 356 g/mol. The highest BCUT2D eigenvalue weighted by Gasteiger charge is 2.22. The molecule has 0 saturated carbocycles. The van der Waals surface area contributed by atoms with Crippen LogP contribution in [0, 0.1) is 0 Å². The van der Waals surface area contributed by atoms with Gasteiger partial charge in [-0.1, -0.05) is 0 Å². The fourth-order valence-electron chi connectivity index (χ4n) is 3.17. The van der Waals surface area contributed by atoms with Crippen LogP contribution < -0.4 is 10.6 Å². The molecule has 0 bridgehead atoms.